The second-order valence-corrected chi connectivity index (χ2v) is 5.79. The van der Waals surface area contributed by atoms with E-state index in [4.69, 9.17) is 0 Å². The molecule has 0 bridgehead atoms. The highest BCUT2D eigenvalue weighted by Gasteiger charge is 2.39. The van der Waals surface area contributed by atoms with E-state index in [1.807, 2.05) is 38.1 Å². The number of carbonyl (C=O) groups is 2. The Hall–Kier alpha value is -1.84. The highest BCUT2D eigenvalue weighted by Crippen LogP contribution is 2.37. The van der Waals surface area contributed by atoms with Crippen molar-refractivity contribution in [2.75, 3.05) is 6.54 Å². The lowest BCUT2D eigenvalue weighted by molar-refractivity contribution is -0.141. The molecule has 1 aliphatic rings. The van der Waals surface area contributed by atoms with Crippen molar-refractivity contribution < 1.29 is 14.7 Å². The fraction of sp³-hybridized carbons (Fsp3) is 0.500. The number of aryl methyl sites for hydroxylation is 1. The fourth-order valence-corrected chi connectivity index (χ4v) is 2.41. The van der Waals surface area contributed by atoms with Crippen molar-refractivity contribution in [3.63, 3.8) is 0 Å². The first-order valence-electron chi connectivity index (χ1n) is 7.03. The van der Waals surface area contributed by atoms with Gasteiger partial charge in [0, 0.05) is 12.5 Å². The molecule has 108 valence electrons. The fourth-order valence-electron chi connectivity index (χ4n) is 2.41. The molecule has 0 aromatic heterocycles. The van der Waals surface area contributed by atoms with E-state index in [-0.39, 0.29) is 18.4 Å². The second kappa shape index (κ2) is 6.07. The number of nitrogens with one attached hydrogen (secondary N) is 1. The molecule has 2 rings (SSSR count). The van der Waals surface area contributed by atoms with Crippen LogP contribution < -0.4 is 5.32 Å². The Morgan fingerprint density at radius 1 is 1.45 bits per heavy atom. The number of hydrogen-bond acceptors (Lipinski definition) is 2. The van der Waals surface area contributed by atoms with E-state index in [1.54, 1.807) is 0 Å². The molecule has 3 atom stereocenters. The maximum atomic E-state index is 11.7. The van der Waals surface area contributed by atoms with Crippen LogP contribution in [0.15, 0.2) is 24.3 Å². The third-order valence-corrected chi connectivity index (χ3v) is 3.88. The van der Waals surface area contributed by atoms with Crippen molar-refractivity contribution in [1.29, 1.82) is 0 Å². The lowest BCUT2D eigenvalue weighted by Gasteiger charge is -2.14. The first-order chi connectivity index (χ1) is 9.47. The van der Waals surface area contributed by atoms with Gasteiger partial charge in [-0.25, -0.2) is 0 Å². The second-order valence-electron chi connectivity index (χ2n) is 5.79. The van der Waals surface area contributed by atoms with Crippen LogP contribution in [-0.2, 0) is 16.0 Å². The molecule has 0 unspecified atom stereocenters. The van der Waals surface area contributed by atoms with Crippen molar-refractivity contribution in [1.82, 2.24) is 5.32 Å². The van der Waals surface area contributed by atoms with Gasteiger partial charge in [0.25, 0.3) is 0 Å². The summed E-state index contributed by atoms with van der Waals surface area (Å²) in [4.78, 5) is 23.0. The van der Waals surface area contributed by atoms with E-state index < -0.39 is 11.9 Å². The van der Waals surface area contributed by atoms with Gasteiger partial charge >= 0.3 is 5.97 Å². The molecule has 2 N–H and O–H groups in total. The van der Waals surface area contributed by atoms with Crippen LogP contribution in [0.5, 0.6) is 0 Å². The Morgan fingerprint density at radius 2 is 2.15 bits per heavy atom. The number of hydrogen-bond donors (Lipinski definition) is 2. The summed E-state index contributed by atoms with van der Waals surface area (Å²) >= 11 is 0. The summed E-state index contributed by atoms with van der Waals surface area (Å²) in [5, 5.41) is 12.0. The van der Waals surface area contributed by atoms with E-state index in [0.29, 0.717) is 12.3 Å². The van der Waals surface area contributed by atoms with Crippen LogP contribution in [0.2, 0.25) is 0 Å². The number of amides is 1. The molecule has 0 spiro atoms. The number of benzene rings is 1. The normalized spacial score (nSPS) is 22.1. The van der Waals surface area contributed by atoms with E-state index >= 15 is 0 Å². The standard InChI is InChI=1S/C16H21NO3/c1-10-4-3-5-12(6-10)8-13(16(19)20)9-17-15(18)14-7-11(14)2/h3-6,11,13-14H,7-9H2,1-2H3,(H,17,18)(H,19,20)/t11-,13-,14+/m1/s1. The Labute approximate surface area is 119 Å². The van der Waals surface area contributed by atoms with Crippen LogP contribution >= 0.6 is 0 Å². The van der Waals surface area contributed by atoms with Gasteiger partial charge in [-0.05, 0) is 31.2 Å². The molecule has 0 aliphatic heterocycles. The molecule has 1 fully saturated rings. The van der Waals surface area contributed by atoms with Gasteiger partial charge in [-0.15, -0.1) is 0 Å². The van der Waals surface area contributed by atoms with Gasteiger partial charge in [0.2, 0.25) is 5.91 Å². The summed E-state index contributed by atoms with van der Waals surface area (Å²) in [5.74, 6) is -0.920. The van der Waals surface area contributed by atoms with Crippen LogP contribution in [0.1, 0.15) is 24.5 Å². The highest BCUT2D eigenvalue weighted by atomic mass is 16.4. The Kier molecular flexibility index (Phi) is 4.42. The Balaban J connectivity index is 1.90. The summed E-state index contributed by atoms with van der Waals surface area (Å²) in [6.07, 6.45) is 1.36. The van der Waals surface area contributed by atoms with Gasteiger partial charge in [-0.1, -0.05) is 36.8 Å². The maximum absolute atomic E-state index is 11.7. The molecular weight excluding hydrogens is 254 g/mol. The van der Waals surface area contributed by atoms with Gasteiger partial charge in [-0.2, -0.15) is 0 Å². The van der Waals surface area contributed by atoms with Gasteiger partial charge < -0.3 is 10.4 Å². The zero-order valence-corrected chi connectivity index (χ0v) is 11.9. The van der Waals surface area contributed by atoms with Crippen LogP contribution in [0.3, 0.4) is 0 Å². The van der Waals surface area contributed by atoms with E-state index in [0.717, 1.165) is 17.5 Å². The lowest BCUT2D eigenvalue weighted by atomic mass is 9.98. The van der Waals surface area contributed by atoms with Gasteiger partial charge in [0.1, 0.15) is 0 Å². The number of rotatable bonds is 6. The predicted octanol–water partition coefficient (Wildman–Crippen LogP) is 2.01. The SMILES string of the molecule is Cc1cccc(C[C@H](CNC(=O)[C@H]2C[C@H]2C)C(=O)O)c1. The van der Waals surface area contributed by atoms with Crippen molar-refractivity contribution in [3.05, 3.63) is 35.4 Å². The molecule has 20 heavy (non-hydrogen) atoms. The predicted molar refractivity (Wildman–Crippen MR) is 76.3 cm³/mol. The Bertz CT molecular complexity index is 512. The van der Waals surface area contributed by atoms with Gasteiger partial charge in [-0.3, -0.25) is 9.59 Å². The molecule has 1 aromatic carbocycles. The molecule has 1 saturated carbocycles. The minimum Gasteiger partial charge on any atom is -0.481 e. The van der Waals surface area contributed by atoms with Crippen molar-refractivity contribution in [2.24, 2.45) is 17.8 Å². The minimum atomic E-state index is -0.865. The van der Waals surface area contributed by atoms with Gasteiger partial charge in [0.15, 0.2) is 0 Å². The summed E-state index contributed by atoms with van der Waals surface area (Å²) in [6.45, 7) is 4.21. The van der Waals surface area contributed by atoms with Crippen molar-refractivity contribution in [3.8, 4) is 0 Å². The molecule has 0 radical (unpaired) electrons. The minimum absolute atomic E-state index is 0.00649. The zero-order chi connectivity index (χ0) is 14.7. The number of aliphatic carboxylic acids is 1. The molecule has 4 nitrogen and oxygen atoms in total. The molecule has 4 heteroatoms. The average Bonchev–Trinajstić information content (AvgIpc) is 3.11. The lowest BCUT2D eigenvalue weighted by Crippen LogP contribution is -2.35. The van der Waals surface area contributed by atoms with Crippen LogP contribution in [0.4, 0.5) is 0 Å². The number of carbonyl (C=O) groups excluding carboxylic acids is 1. The maximum Gasteiger partial charge on any atom is 0.308 e. The molecule has 0 heterocycles. The number of carboxylic acids is 1. The van der Waals surface area contributed by atoms with Crippen LogP contribution in [-0.4, -0.2) is 23.5 Å². The first kappa shape index (κ1) is 14.6. The van der Waals surface area contributed by atoms with Crippen molar-refractivity contribution >= 4 is 11.9 Å². The van der Waals surface area contributed by atoms with Gasteiger partial charge in [0.05, 0.1) is 5.92 Å². The zero-order valence-electron chi connectivity index (χ0n) is 11.9. The summed E-state index contributed by atoms with van der Waals surface area (Å²) in [5.41, 5.74) is 2.11. The average molecular weight is 275 g/mol. The summed E-state index contributed by atoms with van der Waals surface area (Å²) < 4.78 is 0. The molecule has 1 amide bonds. The third-order valence-electron chi connectivity index (χ3n) is 3.88. The Morgan fingerprint density at radius 3 is 2.70 bits per heavy atom. The first-order valence-corrected chi connectivity index (χ1v) is 7.03. The van der Waals surface area contributed by atoms with Crippen LogP contribution in [0.25, 0.3) is 0 Å². The summed E-state index contributed by atoms with van der Waals surface area (Å²) in [6, 6.07) is 7.82. The quantitative estimate of drug-likeness (QED) is 0.834. The smallest absolute Gasteiger partial charge is 0.308 e. The highest BCUT2D eigenvalue weighted by molar-refractivity contribution is 5.82. The molecule has 0 saturated heterocycles. The summed E-state index contributed by atoms with van der Waals surface area (Å²) in [7, 11) is 0. The largest absolute Gasteiger partial charge is 0.481 e. The number of carboxylic acid groups (broad SMARTS) is 1. The van der Waals surface area contributed by atoms with Crippen LogP contribution in [0, 0.1) is 24.7 Å². The molecule has 1 aromatic rings. The van der Waals surface area contributed by atoms with E-state index in [2.05, 4.69) is 5.32 Å². The molecule has 1 aliphatic carbocycles. The topological polar surface area (TPSA) is 66.4 Å². The van der Waals surface area contributed by atoms with E-state index in [1.165, 1.54) is 0 Å². The third kappa shape index (κ3) is 3.83. The van der Waals surface area contributed by atoms with Crippen molar-refractivity contribution in [2.45, 2.75) is 26.7 Å². The monoisotopic (exact) mass is 275 g/mol. The molecular formula is C16H21NO3. The van der Waals surface area contributed by atoms with E-state index in [9.17, 15) is 14.7 Å².